The molecule has 0 saturated heterocycles. The average molecular weight is 504 g/mol. The van der Waals surface area contributed by atoms with Crippen molar-refractivity contribution >= 4 is 11.6 Å². The summed E-state index contributed by atoms with van der Waals surface area (Å²) in [7, 11) is 1.48. The average Bonchev–Trinajstić information content (AvgIpc) is 3.28. The molecule has 0 bridgehead atoms. The van der Waals surface area contributed by atoms with Gasteiger partial charge in [0.25, 0.3) is 5.56 Å². The van der Waals surface area contributed by atoms with Crippen LogP contribution in [0.3, 0.4) is 0 Å². The van der Waals surface area contributed by atoms with Gasteiger partial charge in [-0.15, -0.1) is 0 Å². The van der Waals surface area contributed by atoms with E-state index in [4.69, 9.17) is 16.3 Å². The van der Waals surface area contributed by atoms with Crippen LogP contribution in [-0.4, -0.2) is 26.3 Å². The van der Waals surface area contributed by atoms with Gasteiger partial charge in [0.05, 0.1) is 41.4 Å². The van der Waals surface area contributed by atoms with E-state index < -0.39 is 35.2 Å². The van der Waals surface area contributed by atoms with E-state index in [1.54, 1.807) is 29.1 Å². The van der Waals surface area contributed by atoms with Gasteiger partial charge in [-0.1, -0.05) is 17.7 Å². The van der Waals surface area contributed by atoms with E-state index in [-0.39, 0.29) is 16.1 Å². The molecule has 35 heavy (non-hydrogen) atoms. The van der Waals surface area contributed by atoms with Crippen molar-refractivity contribution < 1.29 is 23.0 Å². The molecule has 6 nitrogen and oxygen atoms in total. The van der Waals surface area contributed by atoms with Crippen molar-refractivity contribution in [1.29, 1.82) is 0 Å². The number of imidazole rings is 1. The lowest BCUT2D eigenvalue weighted by Crippen LogP contribution is -2.28. The summed E-state index contributed by atoms with van der Waals surface area (Å²) in [5.74, 6) is -3.91. The maximum atomic E-state index is 13.8. The monoisotopic (exact) mass is 503 g/mol. The topological polar surface area (TPSA) is 69.3 Å². The van der Waals surface area contributed by atoms with Gasteiger partial charge in [-0.2, -0.15) is 0 Å². The Hall–Kier alpha value is -3.56. The molecule has 2 aromatic carbocycles. The number of hydrogen-bond donors (Lipinski definition) is 1. The van der Waals surface area contributed by atoms with E-state index >= 15 is 0 Å². The van der Waals surface area contributed by atoms with Crippen LogP contribution < -0.4 is 10.3 Å². The van der Waals surface area contributed by atoms with Crippen molar-refractivity contribution in [3.63, 3.8) is 0 Å². The Morgan fingerprint density at radius 1 is 1.06 bits per heavy atom. The summed E-state index contributed by atoms with van der Waals surface area (Å²) in [5, 5.41) is 11.2. The van der Waals surface area contributed by atoms with Crippen LogP contribution in [0.1, 0.15) is 41.5 Å². The maximum absolute atomic E-state index is 13.8. The van der Waals surface area contributed by atoms with Gasteiger partial charge in [0.2, 0.25) is 0 Å². The Bertz CT molecular complexity index is 1450. The number of aromatic nitrogens is 3. The Kier molecular flexibility index (Phi) is 6.73. The largest absolute Gasteiger partial charge is 0.495 e. The molecule has 2 atom stereocenters. The second kappa shape index (κ2) is 9.59. The number of aliphatic hydroxyl groups excluding tert-OH is 1. The Balaban J connectivity index is 1.75. The predicted molar refractivity (Wildman–Crippen MR) is 125 cm³/mol. The quantitative estimate of drug-likeness (QED) is 0.371. The first kappa shape index (κ1) is 24.6. The zero-order chi connectivity index (χ0) is 25.4. The molecule has 4 rings (SSSR count). The van der Waals surface area contributed by atoms with Gasteiger partial charge in [0, 0.05) is 12.4 Å². The van der Waals surface area contributed by atoms with Crippen LogP contribution in [0.4, 0.5) is 13.2 Å². The number of aryl methyl sites for hydroxylation is 1. The maximum Gasteiger partial charge on any atom is 0.257 e. The van der Waals surface area contributed by atoms with Crippen molar-refractivity contribution in [2.24, 2.45) is 0 Å². The highest BCUT2D eigenvalue weighted by molar-refractivity contribution is 6.30. The van der Waals surface area contributed by atoms with Gasteiger partial charge >= 0.3 is 0 Å². The standard InChI is InChI=1S/C25H21ClF3N3O3/c1-13-10-31(12-30-13)21-5-4-15(8-22(21)35-3)24(33)18-9-17(26)11-32(25(18)34)14(2)16-6-19(27)23(29)20(28)7-16/h4-12,14,24,33H,1-3H3/t14-,24?/m0/s1. The number of rotatable bonds is 6. The van der Waals surface area contributed by atoms with E-state index in [0.717, 1.165) is 22.4 Å². The fourth-order valence-corrected chi connectivity index (χ4v) is 4.08. The molecule has 0 saturated carbocycles. The van der Waals surface area contributed by atoms with Gasteiger partial charge in [-0.3, -0.25) is 4.79 Å². The van der Waals surface area contributed by atoms with Crippen LogP contribution in [0.25, 0.3) is 5.69 Å². The summed E-state index contributed by atoms with van der Waals surface area (Å²) >= 11 is 6.23. The van der Waals surface area contributed by atoms with Crippen LogP contribution >= 0.6 is 11.6 Å². The molecule has 0 aliphatic carbocycles. The minimum atomic E-state index is -1.60. The molecule has 0 amide bonds. The van der Waals surface area contributed by atoms with Crippen molar-refractivity contribution in [2.45, 2.75) is 26.0 Å². The van der Waals surface area contributed by atoms with Crippen molar-refractivity contribution in [2.75, 3.05) is 7.11 Å². The molecule has 10 heteroatoms. The SMILES string of the molecule is COc1cc(C(O)c2cc(Cl)cn([C@@H](C)c3cc(F)c(F)c(F)c3)c2=O)ccc1-n1cnc(C)c1. The second-order valence-electron chi connectivity index (χ2n) is 8.06. The van der Waals surface area contributed by atoms with E-state index in [9.17, 15) is 23.1 Å². The molecular weight excluding hydrogens is 483 g/mol. The zero-order valence-corrected chi connectivity index (χ0v) is 19.7. The highest BCUT2D eigenvalue weighted by Crippen LogP contribution is 2.30. The summed E-state index contributed by atoms with van der Waals surface area (Å²) in [6.45, 7) is 3.35. The zero-order valence-electron chi connectivity index (χ0n) is 19.0. The summed E-state index contributed by atoms with van der Waals surface area (Å²) in [6, 6.07) is 6.99. The first-order chi connectivity index (χ1) is 16.6. The summed E-state index contributed by atoms with van der Waals surface area (Å²) < 4.78 is 49.3. The molecule has 182 valence electrons. The first-order valence-corrected chi connectivity index (χ1v) is 10.9. The Morgan fingerprint density at radius 3 is 2.34 bits per heavy atom. The highest BCUT2D eigenvalue weighted by Gasteiger charge is 2.22. The van der Waals surface area contributed by atoms with Crippen LogP contribution in [0, 0.1) is 24.4 Å². The molecule has 0 aliphatic rings. The van der Waals surface area contributed by atoms with Gasteiger partial charge in [-0.25, -0.2) is 18.2 Å². The van der Waals surface area contributed by atoms with E-state index in [1.165, 1.54) is 26.3 Å². The van der Waals surface area contributed by atoms with Crippen LogP contribution in [-0.2, 0) is 0 Å². The molecule has 4 aromatic rings. The number of halogens is 4. The lowest BCUT2D eigenvalue weighted by molar-refractivity contribution is 0.217. The predicted octanol–water partition coefficient (Wildman–Crippen LogP) is 5.11. The number of aliphatic hydroxyl groups is 1. The molecular formula is C25H21ClF3N3O3. The Morgan fingerprint density at radius 2 is 1.74 bits per heavy atom. The number of methoxy groups -OCH3 is 1. The molecule has 2 heterocycles. The summed E-state index contributed by atoms with van der Waals surface area (Å²) in [6.07, 6.45) is 3.34. The third-order valence-corrected chi connectivity index (χ3v) is 5.95. The van der Waals surface area contributed by atoms with E-state index in [0.29, 0.717) is 17.0 Å². The fraction of sp³-hybridized carbons (Fsp3) is 0.200. The molecule has 0 spiro atoms. The highest BCUT2D eigenvalue weighted by atomic mass is 35.5. The molecule has 0 fully saturated rings. The van der Waals surface area contributed by atoms with Gasteiger partial charge < -0.3 is 19.0 Å². The third-order valence-electron chi connectivity index (χ3n) is 5.75. The molecule has 2 aromatic heterocycles. The molecule has 1 unspecified atom stereocenters. The lowest BCUT2D eigenvalue weighted by atomic mass is 10.0. The Labute approximate surface area is 203 Å². The van der Waals surface area contributed by atoms with Crippen molar-refractivity contribution in [3.8, 4) is 11.4 Å². The van der Waals surface area contributed by atoms with Crippen molar-refractivity contribution in [1.82, 2.24) is 14.1 Å². The first-order valence-electron chi connectivity index (χ1n) is 10.5. The van der Waals surface area contributed by atoms with Gasteiger partial charge in [0.1, 0.15) is 11.9 Å². The molecule has 1 N–H and O–H groups in total. The molecule has 0 aliphatic heterocycles. The number of pyridine rings is 1. The van der Waals surface area contributed by atoms with Crippen LogP contribution in [0.15, 0.2) is 59.9 Å². The third kappa shape index (κ3) is 4.69. The van der Waals surface area contributed by atoms with Crippen LogP contribution in [0.5, 0.6) is 5.75 Å². The molecule has 0 radical (unpaired) electrons. The second-order valence-corrected chi connectivity index (χ2v) is 8.49. The number of benzene rings is 2. The van der Waals surface area contributed by atoms with E-state index in [1.807, 2.05) is 13.1 Å². The number of hydrogen-bond acceptors (Lipinski definition) is 4. The van der Waals surface area contributed by atoms with Gasteiger partial charge in [0.15, 0.2) is 17.5 Å². The minimum absolute atomic E-state index is 0.0212. The lowest BCUT2D eigenvalue weighted by Gasteiger charge is -2.20. The normalized spacial score (nSPS) is 13.0. The van der Waals surface area contributed by atoms with Crippen LogP contribution in [0.2, 0.25) is 5.02 Å². The minimum Gasteiger partial charge on any atom is -0.495 e. The van der Waals surface area contributed by atoms with E-state index in [2.05, 4.69) is 4.98 Å². The summed E-state index contributed by atoms with van der Waals surface area (Å²) in [4.78, 5) is 17.5. The fourth-order valence-electron chi connectivity index (χ4n) is 3.86. The smallest absolute Gasteiger partial charge is 0.257 e. The summed E-state index contributed by atoms with van der Waals surface area (Å²) in [5.41, 5.74) is 1.19. The van der Waals surface area contributed by atoms with Crippen molar-refractivity contribution in [3.05, 3.63) is 110 Å². The number of nitrogens with zero attached hydrogens (tertiary/aromatic N) is 3. The van der Waals surface area contributed by atoms with Gasteiger partial charge in [-0.05, 0) is 55.3 Å². The number of ether oxygens (including phenoxy) is 1.